The van der Waals surface area contributed by atoms with Crippen molar-refractivity contribution in [3.63, 3.8) is 0 Å². The molecular weight excluding hydrogens is 253 g/mol. The zero-order valence-corrected chi connectivity index (χ0v) is 11.7. The van der Waals surface area contributed by atoms with Crippen molar-refractivity contribution in [1.29, 1.82) is 0 Å². The topological polar surface area (TPSA) is 38.3 Å². The van der Waals surface area contributed by atoms with Gasteiger partial charge in [-0.25, -0.2) is 9.18 Å². The summed E-state index contributed by atoms with van der Waals surface area (Å²) in [6.07, 6.45) is -0.0374. The van der Waals surface area contributed by atoms with Crippen molar-refractivity contribution >= 4 is 24.4 Å². The fourth-order valence-electron chi connectivity index (χ4n) is 1.39. The Balaban J connectivity index is 2.73. The van der Waals surface area contributed by atoms with E-state index in [9.17, 15) is 9.18 Å². The third-order valence-corrected chi connectivity index (χ3v) is 2.30. The predicted molar refractivity (Wildman–Crippen MR) is 73.8 cm³/mol. The maximum Gasteiger partial charge on any atom is 0.412 e. The number of nitrogens with one attached hydrogen (secondary N) is 1. The van der Waals surface area contributed by atoms with Gasteiger partial charge in [0.05, 0.1) is 0 Å². The summed E-state index contributed by atoms with van der Waals surface area (Å²) in [6, 6.07) is 4.42. The van der Waals surface area contributed by atoms with Crippen LogP contribution in [0.4, 0.5) is 14.9 Å². The van der Waals surface area contributed by atoms with Crippen LogP contribution in [0, 0.1) is 5.82 Å². The van der Waals surface area contributed by atoms with Crippen LogP contribution in [0.25, 0.3) is 0 Å². The third kappa shape index (κ3) is 4.96. The summed E-state index contributed by atoms with van der Waals surface area (Å²) in [5.74, 6) is 0.256. The molecule has 0 unspecified atom stereocenters. The highest BCUT2D eigenvalue weighted by molar-refractivity contribution is 7.80. The van der Waals surface area contributed by atoms with Gasteiger partial charge in [-0.2, -0.15) is 12.6 Å². The van der Waals surface area contributed by atoms with Gasteiger partial charge in [-0.3, -0.25) is 5.32 Å². The first-order chi connectivity index (χ1) is 8.31. The van der Waals surface area contributed by atoms with Gasteiger partial charge in [0.1, 0.15) is 11.4 Å². The monoisotopic (exact) mass is 271 g/mol. The van der Waals surface area contributed by atoms with Gasteiger partial charge in [-0.05, 0) is 56.7 Å². The summed E-state index contributed by atoms with van der Waals surface area (Å²) in [4.78, 5) is 11.5. The van der Waals surface area contributed by atoms with E-state index < -0.39 is 11.7 Å². The Kier molecular flexibility index (Phi) is 5.02. The van der Waals surface area contributed by atoms with Gasteiger partial charge in [0.2, 0.25) is 0 Å². The molecule has 0 spiro atoms. The zero-order chi connectivity index (χ0) is 13.8. The Morgan fingerprint density at radius 2 is 2.11 bits per heavy atom. The molecule has 3 nitrogen and oxygen atoms in total. The second kappa shape index (κ2) is 6.09. The van der Waals surface area contributed by atoms with Gasteiger partial charge in [0.15, 0.2) is 0 Å². The third-order valence-electron chi connectivity index (χ3n) is 2.07. The van der Waals surface area contributed by atoms with Crippen LogP contribution in [0.5, 0.6) is 0 Å². The summed E-state index contributed by atoms with van der Waals surface area (Å²) in [5, 5.41) is 2.57. The van der Waals surface area contributed by atoms with E-state index >= 15 is 0 Å². The number of amides is 1. The van der Waals surface area contributed by atoms with Gasteiger partial charge in [-0.1, -0.05) is 0 Å². The molecule has 0 aliphatic rings. The number of hydrogen-bond donors (Lipinski definition) is 2. The maximum atomic E-state index is 13.4. The van der Waals surface area contributed by atoms with Crippen molar-refractivity contribution in [2.24, 2.45) is 0 Å². The lowest BCUT2D eigenvalue weighted by Gasteiger charge is -2.19. The number of benzene rings is 1. The lowest BCUT2D eigenvalue weighted by Crippen LogP contribution is -2.27. The maximum absolute atomic E-state index is 13.4. The minimum absolute atomic E-state index is 0.293. The van der Waals surface area contributed by atoms with Crippen LogP contribution in [-0.4, -0.2) is 17.4 Å². The molecule has 0 aliphatic carbocycles. The summed E-state index contributed by atoms with van der Waals surface area (Å²) in [7, 11) is 0. The largest absolute Gasteiger partial charge is 0.444 e. The Hall–Kier alpha value is -1.23. The molecule has 1 rings (SSSR count). The fraction of sp³-hybridized carbons (Fsp3) is 0.462. The first kappa shape index (κ1) is 14.8. The summed E-state index contributed by atoms with van der Waals surface area (Å²) >= 11 is 4.06. The highest BCUT2D eigenvalue weighted by Crippen LogP contribution is 2.17. The Bertz CT molecular complexity index is 429. The van der Waals surface area contributed by atoms with Crippen molar-refractivity contribution in [1.82, 2.24) is 0 Å². The minimum Gasteiger partial charge on any atom is -0.444 e. The van der Waals surface area contributed by atoms with Crippen molar-refractivity contribution in [3.8, 4) is 0 Å². The molecule has 18 heavy (non-hydrogen) atoms. The molecule has 0 saturated heterocycles. The summed E-state index contributed by atoms with van der Waals surface area (Å²) in [5.41, 5.74) is 0.485. The molecule has 0 aromatic heterocycles. The van der Waals surface area contributed by atoms with E-state index in [0.29, 0.717) is 23.4 Å². The first-order valence-corrected chi connectivity index (χ1v) is 6.34. The zero-order valence-electron chi connectivity index (χ0n) is 10.8. The molecule has 1 amide bonds. The number of halogens is 1. The van der Waals surface area contributed by atoms with Gasteiger partial charge in [0, 0.05) is 5.69 Å². The molecule has 0 fully saturated rings. The molecule has 0 heterocycles. The molecule has 1 aromatic carbocycles. The van der Waals surface area contributed by atoms with Crippen LogP contribution >= 0.6 is 12.6 Å². The standard InChI is InChI=1S/C13H18FNO2S/c1-13(2,3)17-12(16)15-10-4-5-11(14)9(8-10)6-7-18/h4-5,8,18H,6-7H2,1-3H3,(H,15,16). The Labute approximate surface area is 112 Å². The number of rotatable bonds is 3. The molecular formula is C13H18FNO2S. The minimum atomic E-state index is -0.557. The molecule has 0 saturated carbocycles. The molecule has 0 radical (unpaired) electrons. The predicted octanol–water partition coefficient (Wildman–Crippen LogP) is 3.65. The van der Waals surface area contributed by atoms with E-state index in [1.54, 1.807) is 26.8 Å². The molecule has 0 bridgehead atoms. The van der Waals surface area contributed by atoms with Crippen LogP contribution in [0.2, 0.25) is 0 Å². The second-order valence-electron chi connectivity index (χ2n) is 4.91. The average Bonchev–Trinajstić information content (AvgIpc) is 2.20. The van der Waals surface area contributed by atoms with Gasteiger partial charge < -0.3 is 4.74 Å². The van der Waals surface area contributed by atoms with Gasteiger partial charge in [0.25, 0.3) is 0 Å². The van der Waals surface area contributed by atoms with Crippen molar-refractivity contribution in [3.05, 3.63) is 29.6 Å². The van der Waals surface area contributed by atoms with Crippen molar-refractivity contribution < 1.29 is 13.9 Å². The average molecular weight is 271 g/mol. The normalized spacial score (nSPS) is 11.2. The van der Waals surface area contributed by atoms with Crippen LogP contribution < -0.4 is 5.32 Å². The second-order valence-corrected chi connectivity index (χ2v) is 5.35. The number of anilines is 1. The first-order valence-electron chi connectivity index (χ1n) is 5.71. The molecule has 0 atom stereocenters. The van der Waals surface area contributed by atoms with E-state index in [4.69, 9.17) is 4.74 Å². The van der Waals surface area contributed by atoms with Crippen molar-refractivity contribution in [2.45, 2.75) is 32.8 Å². The van der Waals surface area contributed by atoms with Crippen LogP contribution in [-0.2, 0) is 11.2 Å². The quantitative estimate of drug-likeness (QED) is 0.824. The van der Waals surface area contributed by atoms with Gasteiger partial charge in [-0.15, -0.1) is 0 Å². The lowest BCUT2D eigenvalue weighted by molar-refractivity contribution is 0.0636. The number of thiol groups is 1. The van der Waals surface area contributed by atoms with Crippen LogP contribution in [0.1, 0.15) is 26.3 Å². The van der Waals surface area contributed by atoms with Crippen LogP contribution in [0.3, 0.4) is 0 Å². The summed E-state index contributed by atoms with van der Waals surface area (Å²) < 4.78 is 18.5. The molecule has 1 N–H and O–H groups in total. The van der Waals surface area contributed by atoms with Gasteiger partial charge >= 0.3 is 6.09 Å². The number of aryl methyl sites for hydroxylation is 1. The SMILES string of the molecule is CC(C)(C)OC(=O)Nc1ccc(F)c(CCS)c1. The number of ether oxygens (including phenoxy) is 1. The number of hydrogen-bond acceptors (Lipinski definition) is 3. The highest BCUT2D eigenvalue weighted by atomic mass is 32.1. The molecule has 5 heteroatoms. The highest BCUT2D eigenvalue weighted by Gasteiger charge is 2.16. The van der Waals surface area contributed by atoms with E-state index in [-0.39, 0.29) is 5.82 Å². The van der Waals surface area contributed by atoms with E-state index in [1.807, 2.05) is 0 Å². The van der Waals surface area contributed by atoms with Crippen LogP contribution in [0.15, 0.2) is 18.2 Å². The smallest absolute Gasteiger partial charge is 0.412 e. The number of carbonyl (C=O) groups is 1. The lowest BCUT2D eigenvalue weighted by atomic mass is 10.1. The Morgan fingerprint density at radius 1 is 1.44 bits per heavy atom. The molecule has 1 aromatic rings. The number of carbonyl (C=O) groups excluding carboxylic acids is 1. The van der Waals surface area contributed by atoms with Crippen molar-refractivity contribution in [2.75, 3.05) is 11.1 Å². The van der Waals surface area contributed by atoms with E-state index in [0.717, 1.165) is 0 Å². The summed E-state index contributed by atoms with van der Waals surface area (Å²) in [6.45, 7) is 5.34. The van der Waals surface area contributed by atoms with E-state index in [2.05, 4.69) is 17.9 Å². The van der Waals surface area contributed by atoms with E-state index in [1.165, 1.54) is 12.1 Å². The Morgan fingerprint density at radius 3 is 2.67 bits per heavy atom. The fourth-order valence-corrected chi connectivity index (χ4v) is 1.63. The molecule has 100 valence electrons. The molecule has 0 aliphatic heterocycles.